The molecule has 1 aliphatic carbocycles. The van der Waals surface area contributed by atoms with Crippen molar-refractivity contribution in [3.05, 3.63) is 87.8 Å². The summed E-state index contributed by atoms with van der Waals surface area (Å²) >= 11 is 1.41. The lowest BCUT2D eigenvalue weighted by Crippen LogP contribution is -2.32. The Morgan fingerprint density at radius 3 is 2.22 bits per heavy atom. The van der Waals surface area contributed by atoms with Gasteiger partial charge in [0.1, 0.15) is 10.9 Å². The van der Waals surface area contributed by atoms with Gasteiger partial charge in [0.25, 0.3) is 5.91 Å². The zero-order valence-corrected chi connectivity index (χ0v) is 21.6. The van der Waals surface area contributed by atoms with Crippen molar-refractivity contribution in [2.24, 2.45) is 5.92 Å². The molecule has 0 aliphatic heterocycles. The summed E-state index contributed by atoms with van der Waals surface area (Å²) in [6.07, 6.45) is 1.57. The van der Waals surface area contributed by atoms with Crippen molar-refractivity contribution < 1.29 is 23.9 Å². The Hall–Kier alpha value is -3.45. The Kier molecular flexibility index (Phi) is 8.21. The predicted molar refractivity (Wildman–Crippen MR) is 140 cm³/mol. The van der Waals surface area contributed by atoms with Crippen molar-refractivity contribution in [3.63, 3.8) is 0 Å². The summed E-state index contributed by atoms with van der Waals surface area (Å²) in [5, 5.41) is 3.31. The topological polar surface area (TPSA) is 81.7 Å². The molecule has 1 amide bonds. The van der Waals surface area contributed by atoms with Crippen LogP contribution < -0.4 is 5.32 Å². The van der Waals surface area contributed by atoms with Gasteiger partial charge < -0.3 is 14.8 Å². The van der Waals surface area contributed by atoms with Gasteiger partial charge in [0.05, 0.1) is 12.2 Å². The van der Waals surface area contributed by atoms with Gasteiger partial charge in [0.15, 0.2) is 6.10 Å². The molecule has 0 radical (unpaired) electrons. The van der Waals surface area contributed by atoms with E-state index in [1.165, 1.54) is 11.3 Å². The maximum absolute atomic E-state index is 13.3. The van der Waals surface area contributed by atoms with E-state index in [2.05, 4.69) is 12.2 Å². The molecule has 0 bridgehead atoms. The number of nitrogens with one attached hydrogen (secondary N) is 1. The van der Waals surface area contributed by atoms with Crippen LogP contribution in [0.4, 0.5) is 5.00 Å². The number of carbonyl (C=O) groups excluding carboxylic acids is 3. The van der Waals surface area contributed by atoms with Gasteiger partial charge in [-0.15, -0.1) is 11.3 Å². The first-order chi connectivity index (χ1) is 17.4. The molecular formula is C29H31NO5S. The summed E-state index contributed by atoms with van der Waals surface area (Å²) in [7, 11) is 0. The minimum absolute atomic E-state index is 0.252. The van der Waals surface area contributed by atoms with E-state index in [-0.39, 0.29) is 6.61 Å². The number of rotatable bonds is 8. The molecule has 2 atom stereocenters. The minimum Gasteiger partial charge on any atom is -0.462 e. The highest BCUT2D eigenvalue weighted by atomic mass is 32.1. The average Bonchev–Trinajstić information content (AvgIpc) is 3.22. The van der Waals surface area contributed by atoms with Crippen LogP contribution in [0.1, 0.15) is 65.0 Å². The van der Waals surface area contributed by atoms with Gasteiger partial charge in [-0.3, -0.25) is 9.59 Å². The lowest BCUT2D eigenvalue weighted by Gasteiger charge is -2.20. The number of carbonyl (C=O) groups is 3. The first kappa shape index (κ1) is 25.6. The first-order valence-electron chi connectivity index (χ1n) is 12.3. The summed E-state index contributed by atoms with van der Waals surface area (Å²) in [4.78, 5) is 40.3. The van der Waals surface area contributed by atoms with Gasteiger partial charge >= 0.3 is 11.9 Å². The van der Waals surface area contributed by atoms with E-state index < -0.39 is 29.9 Å². The second kappa shape index (κ2) is 11.5. The normalized spacial score (nSPS) is 15.6. The molecular weight excluding hydrogens is 474 g/mol. The van der Waals surface area contributed by atoms with E-state index in [1.807, 2.05) is 60.7 Å². The lowest BCUT2D eigenvalue weighted by atomic mass is 9.88. The molecule has 0 saturated carbocycles. The first-order valence-corrected chi connectivity index (χ1v) is 13.1. The van der Waals surface area contributed by atoms with Crippen molar-refractivity contribution in [2.75, 3.05) is 11.9 Å². The number of thiophene rings is 1. The Balaban J connectivity index is 1.53. The fraction of sp³-hybridized carbons (Fsp3) is 0.345. The second-order valence-electron chi connectivity index (χ2n) is 9.10. The summed E-state index contributed by atoms with van der Waals surface area (Å²) in [5.74, 6) is -1.58. The van der Waals surface area contributed by atoms with Crippen LogP contribution in [0.15, 0.2) is 60.7 Å². The molecule has 7 heteroatoms. The number of benzene rings is 2. The van der Waals surface area contributed by atoms with Crippen molar-refractivity contribution in [1.29, 1.82) is 0 Å². The van der Waals surface area contributed by atoms with Crippen LogP contribution in [0, 0.1) is 5.92 Å². The number of hydrogen-bond acceptors (Lipinski definition) is 6. The molecule has 0 unspecified atom stereocenters. The predicted octanol–water partition coefficient (Wildman–Crippen LogP) is 5.75. The zero-order valence-electron chi connectivity index (χ0n) is 20.8. The minimum atomic E-state index is -1.06. The summed E-state index contributed by atoms with van der Waals surface area (Å²) in [6.45, 7) is 5.73. The third kappa shape index (κ3) is 5.68. The number of hydrogen-bond donors (Lipinski definition) is 1. The van der Waals surface area contributed by atoms with Gasteiger partial charge in [0, 0.05) is 4.88 Å². The Morgan fingerprint density at radius 1 is 1.03 bits per heavy atom. The van der Waals surface area contributed by atoms with E-state index >= 15 is 0 Å². The Morgan fingerprint density at radius 2 is 1.64 bits per heavy atom. The van der Waals surface area contributed by atoms with Crippen LogP contribution in [-0.2, 0) is 31.9 Å². The summed E-state index contributed by atoms with van der Waals surface area (Å²) < 4.78 is 10.9. The molecule has 4 rings (SSSR count). The average molecular weight is 506 g/mol. The molecule has 1 aliphatic rings. The number of esters is 2. The Bertz CT molecular complexity index is 1180. The van der Waals surface area contributed by atoms with Crippen molar-refractivity contribution in [2.45, 2.75) is 52.1 Å². The van der Waals surface area contributed by atoms with Gasteiger partial charge in [-0.2, -0.15) is 0 Å². The molecule has 0 saturated heterocycles. The van der Waals surface area contributed by atoms with Crippen LogP contribution in [-0.4, -0.2) is 30.6 Å². The molecule has 6 nitrogen and oxygen atoms in total. The molecule has 0 spiro atoms. The fourth-order valence-corrected chi connectivity index (χ4v) is 5.92. The molecule has 1 heterocycles. The third-order valence-corrected chi connectivity index (χ3v) is 7.56. The molecule has 188 valence electrons. The van der Waals surface area contributed by atoms with Crippen molar-refractivity contribution >= 4 is 34.2 Å². The molecule has 36 heavy (non-hydrogen) atoms. The maximum atomic E-state index is 13.3. The smallest absolute Gasteiger partial charge is 0.341 e. The third-order valence-electron chi connectivity index (χ3n) is 6.39. The Labute approximate surface area is 215 Å². The standard InChI is InChI=1S/C29H31NO5S/c1-4-34-28(32)25-22-16-15-18(2)17-23(22)36-27(25)30-26(31)19(3)35-29(33)24(20-11-7-5-8-12-20)21-13-9-6-10-14-21/h5-14,18-19,24H,4,15-17H2,1-3H3,(H,30,31)/t18-,19+/m0/s1. The lowest BCUT2D eigenvalue weighted by molar-refractivity contribution is -0.153. The van der Waals surface area contributed by atoms with E-state index in [4.69, 9.17) is 9.47 Å². The van der Waals surface area contributed by atoms with Crippen LogP contribution in [0.3, 0.4) is 0 Å². The molecule has 1 aromatic heterocycles. The van der Waals surface area contributed by atoms with E-state index in [0.717, 1.165) is 40.8 Å². The fourth-order valence-electron chi connectivity index (χ4n) is 4.52. The largest absolute Gasteiger partial charge is 0.462 e. The number of anilines is 1. The number of amides is 1. The summed E-state index contributed by atoms with van der Waals surface area (Å²) in [5.41, 5.74) is 2.96. The SMILES string of the molecule is CCOC(=O)c1c(NC(=O)[C@@H](C)OC(=O)C(c2ccccc2)c2ccccc2)sc2c1CC[C@H](C)C2. The van der Waals surface area contributed by atoms with E-state index in [1.54, 1.807) is 13.8 Å². The van der Waals surface area contributed by atoms with Crippen LogP contribution in [0.5, 0.6) is 0 Å². The zero-order chi connectivity index (χ0) is 25.7. The van der Waals surface area contributed by atoms with Gasteiger partial charge in [-0.1, -0.05) is 67.6 Å². The highest BCUT2D eigenvalue weighted by Gasteiger charge is 2.32. The number of ether oxygens (including phenoxy) is 2. The second-order valence-corrected chi connectivity index (χ2v) is 10.2. The van der Waals surface area contributed by atoms with Crippen molar-refractivity contribution in [3.8, 4) is 0 Å². The van der Waals surface area contributed by atoms with Crippen LogP contribution in [0.2, 0.25) is 0 Å². The monoisotopic (exact) mass is 505 g/mol. The van der Waals surface area contributed by atoms with Gasteiger partial charge in [0.2, 0.25) is 0 Å². The van der Waals surface area contributed by atoms with Crippen LogP contribution in [0.25, 0.3) is 0 Å². The van der Waals surface area contributed by atoms with E-state index in [9.17, 15) is 14.4 Å². The summed E-state index contributed by atoms with van der Waals surface area (Å²) in [6, 6.07) is 18.7. The van der Waals surface area contributed by atoms with Gasteiger partial charge in [-0.05, 0) is 55.7 Å². The highest BCUT2D eigenvalue weighted by molar-refractivity contribution is 7.17. The quantitative estimate of drug-likeness (QED) is 0.394. The van der Waals surface area contributed by atoms with E-state index in [0.29, 0.717) is 16.5 Å². The van der Waals surface area contributed by atoms with Crippen molar-refractivity contribution in [1.82, 2.24) is 0 Å². The highest BCUT2D eigenvalue weighted by Crippen LogP contribution is 2.40. The van der Waals surface area contributed by atoms with Gasteiger partial charge in [-0.25, -0.2) is 4.79 Å². The molecule has 1 N–H and O–H groups in total. The molecule has 3 aromatic rings. The molecule has 0 fully saturated rings. The maximum Gasteiger partial charge on any atom is 0.341 e. The molecule has 2 aromatic carbocycles. The number of fused-ring (bicyclic) bond motifs is 1. The van der Waals surface area contributed by atoms with Crippen LogP contribution >= 0.6 is 11.3 Å².